The lowest BCUT2D eigenvalue weighted by atomic mass is 10.1. The first-order valence-corrected chi connectivity index (χ1v) is 6.11. The van der Waals surface area contributed by atoms with Crippen LogP contribution in [0.1, 0.15) is 5.82 Å². The summed E-state index contributed by atoms with van der Waals surface area (Å²) >= 11 is 6.06. The molecule has 18 heavy (non-hydrogen) atoms. The molecule has 0 aliphatic carbocycles. The lowest BCUT2D eigenvalue weighted by Crippen LogP contribution is -1.93. The summed E-state index contributed by atoms with van der Waals surface area (Å²) in [5.41, 5.74) is 2.93. The number of halogens is 1. The van der Waals surface area contributed by atoms with Crippen molar-refractivity contribution in [1.29, 1.82) is 0 Å². The number of rotatable bonds is 1. The van der Waals surface area contributed by atoms with Gasteiger partial charge in [0.05, 0.1) is 11.2 Å². The molecule has 3 heteroatoms. The van der Waals surface area contributed by atoms with Crippen LogP contribution >= 0.6 is 11.6 Å². The Bertz CT molecular complexity index is 708. The maximum Gasteiger partial charge on any atom is 0.126 e. The first-order valence-electron chi connectivity index (χ1n) is 5.73. The molecule has 0 fully saturated rings. The van der Waals surface area contributed by atoms with Gasteiger partial charge in [0.1, 0.15) is 5.82 Å². The highest BCUT2D eigenvalue weighted by Gasteiger charge is 2.08. The average molecular weight is 255 g/mol. The highest BCUT2D eigenvalue weighted by molar-refractivity contribution is 6.31. The van der Waals surface area contributed by atoms with Gasteiger partial charge in [-0.05, 0) is 25.1 Å². The summed E-state index contributed by atoms with van der Waals surface area (Å²) in [6, 6.07) is 15.8. The summed E-state index contributed by atoms with van der Waals surface area (Å²) in [4.78, 5) is 8.98. The minimum Gasteiger partial charge on any atom is -0.233 e. The molecule has 1 aromatic heterocycles. The largest absolute Gasteiger partial charge is 0.233 e. The van der Waals surface area contributed by atoms with Crippen LogP contribution in [0, 0.1) is 6.92 Å². The standard InChI is InChI=1S/C15H11ClN2/c1-10-17-14-8-7-12(16)9-13(14)15(18-10)11-5-3-2-4-6-11/h2-9H,1H3. The van der Waals surface area contributed by atoms with Crippen molar-refractivity contribution in [2.24, 2.45) is 0 Å². The molecule has 3 aromatic rings. The topological polar surface area (TPSA) is 25.8 Å². The van der Waals surface area contributed by atoms with Crippen LogP contribution in [-0.4, -0.2) is 9.97 Å². The predicted octanol–water partition coefficient (Wildman–Crippen LogP) is 4.26. The van der Waals surface area contributed by atoms with Gasteiger partial charge in [-0.1, -0.05) is 41.9 Å². The van der Waals surface area contributed by atoms with E-state index in [1.807, 2.05) is 55.5 Å². The second-order valence-corrected chi connectivity index (χ2v) is 4.58. The minimum atomic E-state index is 0.701. The molecule has 0 unspecified atom stereocenters. The van der Waals surface area contributed by atoms with Crippen molar-refractivity contribution in [3.05, 3.63) is 59.4 Å². The van der Waals surface area contributed by atoms with Crippen molar-refractivity contribution < 1.29 is 0 Å². The molecule has 2 nitrogen and oxygen atoms in total. The lowest BCUT2D eigenvalue weighted by Gasteiger charge is -2.07. The third kappa shape index (κ3) is 1.95. The number of nitrogens with zero attached hydrogens (tertiary/aromatic N) is 2. The van der Waals surface area contributed by atoms with Crippen molar-refractivity contribution in [3.63, 3.8) is 0 Å². The van der Waals surface area contributed by atoms with E-state index in [0.29, 0.717) is 5.02 Å². The molecule has 88 valence electrons. The summed E-state index contributed by atoms with van der Waals surface area (Å²) < 4.78 is 0. The first-order chi connectivity index (χ1) is 8.74. The third-order valence-corrected chi connectivity index (χ3v) is 3.05. The van der Waals surface area contributed by atoms with Gasteiger partial charge in [-0.25, -0.2) is 9.97 Å². The quantitative estimate of drug-likeness (QED) is 0.648. The normalized spacial score (nSPS) is 10.8. The van der Waals surface area contributed by atoms with Crippen LogP contribution in [0.3, 0.4) is 0 Å². The molecular formula is C15H11ClN2. The molecule has 0 saturated heterocycles. The number of aromatic nitrogens is 2. The van der Waals surface area contributed by atoms with E-state index < -0.39 is 0 Å². The van der Waals surface area contributed by atoms with E-state index in [1.54, 1.807) is 0 Å². The summed E-state index contributed by atoms with van der Waals surface area (Å²) in [6.07, 6.45) is 0. The van der Waals surface area contributed by atoms with E-state index in [-0.39, 0.29) is 0 Å². The molecule has 0 saturated carbocycles. The Morgan fingerprint density at radius 3 is 2.50 bits per heavy atom. The maximum absolute atomic E-state index is 6.06. The van der Waals surface area contributed by atoms with Gasteiger partial charge in [-0.15, -0.1) is 0 Å². The molecule has 0 amide bonds. The van der Waals surface area contributed by atoms with Gasteiger partial charge < -0.3 is 0 Å². The SMILES string of the molecule is Cc1nc(-c2ccccc2)c2cc(Cl)ccc2n1. The molecule has 0 aliphatic rings. The van der Waals surface area contributed by atoms with Crippen LogP contribution < -0.4 is 0 Å². The van der Waals surface area contributed by atoms with Crippen LogP contribution in [-0.2, 0) is 0 Å². The van der Waals surface area contributed by atoms with E-state index in [0.717, 1.165) is 28.0 Å². The van der Waals surface area contributed by atoms with Gasteiger partial charge in [-0.3, -0.25) is 0 Å². The van der Waals surface area contributed by atoms with E-state index in [4.69, 9.17) is 11.6 Å². The predicted molar refractivity (Wildman–Crippen MR) is 74.7 cm³/mol. The Hall–Kier alpha value is -1.93. The Labute approximate surface area is 110 Å². The van der Waals surface area contributed by atoms with Crippen LogP contribution in [0.15, 0.2) is 48.5 Å². The van der Waals surface area contributed by atoms with Gasteiger partial charge in [-0.2, -0.15) is 0 Å². The molecule has 2 aromatic carbocycles. The van der Waals surface area contributed by atoms with E-state index in [9.17, 15) is 0 Å². The van der Waals surface area contributed by atoms with Crippen LogP contribution in [0.25, 0.3) is 22.2 Å². The molecule has 0 radical (unpaired) electrons. The Kier molecular flexibility index (Phi) is 2.73. The van der Waals surface area contributed by atoms with Crippen LogP contribution in [0.5, 0.6) is 0 Å². The molecule has 0 spiro atoms. The highest BCUT2D eigenvalue weighted by atomic mass is 35.5. The number of fused-ring (bicyclic) bond motifs is 1. The summed E-state index contributed by atoms with van der Waals surface area (Å²) in [6.45, 7) is 1.90. The van der Waals surface area contributed by atoms with Crippen molar-refractivity contribution in [2.75, 3.05) is 0 Å². The van der Waals surface area contributed by atoms with Crippen LogP contribution in [0.2, 0.25) is 5.02 Å². The first kappa shape index (κ1) is 11.2. The van der Waals surface area contributed by atoms with Gasteiger partial charge in [0.25, 0.3) is 0 Å². The highest BCUT2D eigenvalue weighted by Crippen LogP contribution is 2.27. The minimum absolute atomic E-state index is 0.701. The number of hydrogen-bond acceptors (Lipinski definition) is 2. The fourth-order valence-corrected chi connectivity index (χ4v) is 2.20. The summed E-state index contributed by atoms with van der Waals surface area (Å²) in [5.74, 6) is 0.767. The number of benzene rings is 2. The average Bonchev–Trinajstić information content (AvgIpc) is 2.39. The van der Waals surface area contributed by atoms with Crippen LogP contribution in [0.4, 0.5) is 0 Å². The molecule has 0 aliphatic heterocycles. The van der Waals surface area contributed by atoms with Gasteiger partial charge >= 0.3 is 0 Å². The number of hydrogen-bond donors (Lipinski definition) is 0. The zero-order valence-corrected chi connectivity index (χ0v) is 10.6. The Morgan fingerprint density at radius 1 is 0.944 bits per heavy atom. The molecule has 0 bridgehead atoms. The van der Waals surface area contributed by atoms with Crippen molar-refractivity contribution >= 4 is 22.5 Å². The fraction of sp³-hybridized carbons (Fsp3) is 0.0667. The van der Waals surface area contributed by atoms with Crippen molar-refractivity contribution in [1.82, 2.24) is 9.97 Å². The fourth-order valence-electron chi connectivity index (χ4n) is 2.03. The third-order valence-electron chi connectivity index (χ3n) is 2.82. The second-order valence-electron chi connectivity index (χ2n) is 4.15. The lowest BCUT2D eigenvalue weighted by molar-refractivity contribution is 1.10. The Balaban J connectivity index is 2.37. The molecule has 0 N–H and O–H groups in total. The summed E-state index contributed by atoms with van der Waals surface area (Å²) in [7, 11) is 0. The summed E-state index contributed by atoms with van der Waals surface area (Å²) in [5, 5.41) is 1.69. The van der Waals surface area contributed by atoms with Gasteiger partial charge in [0.2, 0.25) is 0 Å². The number of aryl methyl sites for hydroxylation is 1. The smallest absolute Gasteiger partial charge is 0.126 e. The zero-order chi connectivity index (χ0) is 12.5. The molecule has 0 atom stereocenters. The van der Waals surface area contributed by atoms with E-state index in [2.05, 4.69) is 9.97 Å². The van der Waals surface area contributed by atoms with Gasteiger partial charge in [0, 0.05) is 16.0 Å². The van der Waals surface area contributed by atoms with Crippen molar-refractivity contribution in [3.8, 4) is 11.3 Å². The molecular weight excluding hydrogens is 244 g/mol. The van der Waals surface area contributed by atoms with Gasteiger partial charge in [0.15, 0.2) is 0 Å². The maximum atomic E-state index is 6.06. The van der Waals surface area contributed by atoms with E-state index in [1.165, 1.54) is 0 Å². The monoisotopic (exact) mass is 254 g/mol. The molecule has 1 heterocycles. The molecule has 3 rings (SSSR count). The van der Waals surface area contributed by atoms with E-state index >= 15 is 0 Å². The van der Waals surface area contributed by atoms with Crippen molar-refractivity contribution in [2.45, 2.75) is 6.92 Å². The Morgan fingerprint density at radius 2 is 1.72 bits per heavy atom. The second kappa shape index (κ2) is 4.39. The zero-order valence-electron chi connectivity index (χ0n) is 9.89.